The number of carbonyl (C=O) groups is 2. The van der Waals surface area contributed by atoms with Crippen molar-refractivity contribution in [1.82, 2.24) is 9.78 Å². The standard InChI is InChI=1S/C14H16N4O3/c1-2-10-4-3-5-11(6-10)16-14(21)17-12-7-15-18(8-12)9-13(19)20/h3-8H,2,9H2,1H3,(H,19,20)(H2,16,17,21). The molecular weight excluding hydrogens is 272 g/mol. The average molecular weight is 288 g/mol. The predicted molar refractivity (Wildman–Crippen MR) is 78.3 cm³/mol. The molecule has 0 saturated carbocycles. The van der Waals surface area contributed by atoms with Gasteiger partial charge in [-0.15, -0.1) is 0 Å². The van der Waals surface area contributed by atoms with Crippen LogP contribution in [0.4, 0.5) is 16.2 Å². The summed E-state index contributed by atoms with van der Waals surface area (Å²) in [6, 6.07) is 7.15. The minimum Gasteiger partial charge on any atom is -0.480 e. The molecule has 0 aliphatic heterocycles. The molecule has 1 aromatic carbocycles. The molecule has 3 N–H and O–H groups in total. The summed E-state index contributed by atoms with van der Waals surface area (Å²) in [5.74, 6) is -0.995. The van der Waals surface area contributed by atoms with Gasteiger partial charge in [-0.1, -0.05) is 19.1 Å². The van der Waals surface area contributed by atoms with Gasteiger partial charge in [0.1, 0.15) is 6.54 Å². The summed E-state index contributed by atoms with van der Waals surface area (Å²) < 4.78 is 1.23. The first kappa shape index (κ1) is 14.6. The molecule has 0 aliphatic carbocycles. The van der Waals surface area contributed by atoms with Crippen LogP contribution in [0.5, 0.6) is 0 Å². The highest BCUT2D eigenvalue weighted by atomic mass is 16.4. The molecule has 2 rings (SSSR count). The molecule has 21 heavy (non-hydrogen) atoms. The van der Waals surface area contributed by atoms with Crippen molar-refractivity contribution in [3.8, 4) is 0 Å². The number of aryl methyl sites for hydroxylation is 1. The lowest BCUT2D eigenvalue weighted by Crippen LogP contribution is -2.19. The Kier molecular flexibility index (Phi) is 4.55. The van der Waals surface area contributed by atoms with E-state index in [2.05, 4.69) is 15.7 Å². The summed E-state index contributed by atoms with van der Waals surface area (Å²) >= 11 is 0. The van der Waals surface area contributed by atoms with Gasteiger partial charge in [-0.2, -0.15) is 5.10 Å². The number of benzene rings is 1. The largest absolute Gasteiger partial charge is 0.480 e. The number of rotatable bonds is 5. The smallest absolute Gasteiger partial charge is 0.325 e. The van der Waals surface area contributed by atoms with E-state index in [1.54, 1.807) is 6.07 Å². The van der Waals surface area contributed by atoms with E-state index in [-0.39, 0.29) is 6.54 Å². The van der Waals surface area contributed by atoms with Crippen LogP contribution in [0.25, 0.3) is 0 Å². The molecule has 0 fully saturated rings. The van der Waals surface area contributed by atoms with Crippen LogP contribution in [0.3, 0.4) is 0 Å². The second-order valence-corrected chi connectivity index (χ2v) is 4.45. The molecule has 0 spiro atoms. The van der Waals surface area contributed by atoms with Gasteiger partial charge in [0.2, 0.25) is 0 Å². The van der Waals surface area contributed by atoms with Gasteiger partial charge in [0.15, 0.2) is 0 Å². The Morgan fingerprint density at radius 2 is 2.05 bits per heavy atom. The molecule has 0 saturated heterocycles. The van der Waals surface area contributed by atoms with Gasteiger partial charge < -0.3 is 15.7 Å². The zero-order valence-corrected chi connectivity index (χ0v) is 11.5. The minimum atomic E-state index is -0.995. The van der Waals surface area contributed by atoms with Crippen molar-refractivity contribution in [2.45, 2.75) is 19.9 Å². The van der Waals surface area contributed by atoms with Crippen LogP contribution in [-0.2, 0) is 17.8 Å². The highest BCUT2D eigenvalue weighted by molar-refractivity contribution is 5.99. The number of aromatic nitrogens is 2. The summed E-state index contributed by atoms with van der Waals surface area (Å²) in [5, 5.41) is 17.8. The van der Waals surface area contributed by atoms with E-state index in [0.717, 1.165) is 12.0 Å². The van der Waals surface area contributed by atoms with Crippen LogP contribution in [0, 0.1) is 0 Å². The molecule has 7 heteroatoms. The van der Waals surface area contributed by atoms with Crippen molar-refractivity contribution in [1.29, 1.82) is 0 Å². The van der Waals surface area contributed by atoms with E-state index in [1.807, 2.05) is 25.1 Å². The van der Waals surface area contributed by atoms with Crippen molar-refractivity contribution in [2.75, 3.05) is 10.6 Å². The van der Waals surface area contributed by atoms with Crippen LogP contribution in [0.2, 0.25) is 0 Å². The van der Waals surface area contributed by atoms with Gasteiger partial charge >= 0.3 is 12.0 Å². The Hall–Kier alpha value is -2.83. The van der Waals surface area contributed by atoms with Gasteiger partial charge in [-0.05, 0) is 24.1 Å². The maximum absolute atomic E-state index is 11.8. The van der Waals surface area contributed by atoms with E-state index in [0.29, 0.717) is 11.4 Å². The number of anilines is 2. The number of amides is 2. The number of nitrogens with one attached hydrogen (secondary N) is 2. The molecule has 110 valence electrons. The fourth-order valence-corrected chi connectivity index (χ4v) is 1.82. The Morgan fingerprint density at radius 3 is 2.76 bits per heavy atom. The summed E-state index contributed by atoms with van der Waals surface area (Å²) in [7, 11) is 0. The van der Waals surface area contributed by atoms with Crippen LogP contribution in [0.1, 0.15) is 12.5 Å². The number of hydrogen-bond acceptors (Lipinski definition) is 3. The highest BCUT2D eigenvalue weighted by Crippen LogP contribution is 2.12. The van der Waals surface area contributed by atoms with Crippen LogP contribution < -0.4 is 10.6 Å². The maximum atomic E-state index is 11.8. The van der Waals surface area contributed by atoms with E-state index < -0.39 is 12.0 Å². The fourth-order valence-electron chi connectivity index (χ4n) is 1.82. The Labute approximate surface area is 121 Å². The van der Waals surface area contributed by atoms with Crippen molar-refractivity contribution < 1.29 is 14.7 Å². The van der Waals surface area contributed by atoms with Crippen molar-refractivity contribution in [2.24, 2.45) is 0 Å². The van der Waals surface area contributed by atoms with E-state index >= 15 is 0 Å². The topological polar surface area (TPSA) is 96.3 Å². The Balaban J connectivity index is 1.94. The summed E-state index contributed by atoms with van der Waals surface area (Å²) in [4.78, 5) is 22.4. The quantitative estimate of drug-likeness (QED) is 0.785. The average Bonchev–Trinajstić information content (AvgIpc) is 2.85. The molecule has 1 heterocycles. The van der Waals surface area contributed by atoms with Crippen LogP contribution in [-0.4, -0.2) is 26.9 Å². The van der Waals surface area contributed by atoms with Gasteiger partial charge in [-0.25, -0.2) is 4.79 Å². The van der Waals surface area contributed by atoms with E-state index in [4.69, 9.17) is 5.11 Å². The van der Waals surface area contributed by atoms with Gasteiger partial charge in [0.25, 0.3) is 0 Å². The number of carboxylic acid groups (broad SMARTS) is 1. The zero-order chi connectivity index (χ0) is 15.2. The van der Waals surface area contributed by atoms with Crippen LogP contribution in [0.15, 0.2) is 36.7 Å². The van der Waals surface area contributed by atoms with Crippen molar-refractivity contribution >= 4 is 23.4 Å². The second kappa shape index (κ2) is 6.56. The first-order valence-electron chi connectivity index (χ1n) is 6.48. The lowest BCUT2D eigenvalue weighted by Gasteiger charge is -2.07. The summed E-state index contributed by atoms with van der Waals surface area (Å²) in [5.41, 5.74) is 2.26. The third-order valence-electron chi connectivity index (χ3n) is 2.78. The third-order valence-corrected chi connectivity index (χ3v) is 2.78. The molecule has 0 unspecified atom stereocenters. The third kappa shape index (κ3) is 4.34. The minimum absolute atomic E-state index is 0.248. The second-order valence-electron chi connectivity index (χ2n) is 4.45. The monoisotopic (exact) mass is 288 g/mol. The van der Waals surface area contributed by atoms with Gasteiger partial charge in [0.05, 0.1) is 11.9 Å². The molecule has 2 aromatic rings. The molecule has 0 aliphatic rings. The number of carbonyl (C=O) groups excluding carboxylic acids is 1. The molecule has 0 atom stereocenters. The van der Waals surface area contributed by atoms with Crippen LogP contribution >= 0.6 is 0 Å². The normalized spacial score (nSPS) is 10.1. The van der Waals surface area contributed by atoms with Crippen molar-refractivity contribution in [3.05, 3.63) is 42.2 Å². The maximum Gasteiger partial charge on any atom is 0.325 e. The Morgan fingerprint density at radius 1 is 1.29 bits per heavy atom. The van der Waals surface area contributed by atoms with E-state index in [9.17, 15) is 9.59 Å². The molecule has 0 radical (unpaired) electrons. The van der Waals surface area contributed by atoms with Gasteiger partial charge in [-0.3, -0.25) is 9.48 Å². The molecule has 7 nitrogen and oxygen atoms in total. The number of aliphatic carboxylic acids is 1. The number of urea groups is 1. The molecule has 0 bridgehead atoms. The lowest BCUT2D eigenvalue weighted by molar-refractivity contribution is -0.137. The Bertz CT molecular complexity index is 651. The van der Waals surface area contributed by atoms with Gasteiger partial charge in [0, 0.05) is 11.9 Å². The SMILES string of the molecule is CCc1cccc(NC(=O)Nc2cnn(CC(=O)O)c2)c1. The molecular formula is C14H16N4O3. The fraction of sp³-hybridized carbons (Fsp3) is 0.214. The highest BCUT2D eigenvalue weighted by Gasteiger charge is 2.06. The first-order valence-corrected chi connectivity index (χ1v) is 6.48. The molecule has 2 amide bonds. The number of hydrogen-bond donors (Lipinski definition) is 3. The lowest BCUT2D eigenvalue weighted by atomic mass is 10.1. The summed E-state index contributed by atoms with van der Waals surface area (Å²) in [6.07, 6.45) is 3.74. The van der Waals surface area contributed by atoms with Crippen molar-refractivity contribution in [3.63, 3.8) is 0 Å². The number of nitrogens with zero attached hydrogens (tertiary/aromatic N) is 2. The molecule has 1 aromatic heterocycles. The zero-order valence-electron chi connectivity index (χ0n) is 11.5. The number of carboxylic acids is 1. The first-order chi connectivity index (χ1) is 10.1. The predicted octanol–water partition coefficient (Wildman–Crippen LogP) is 2.17. The van der Waals surface area contributed by atoms with E-state index in [1.165, 1.54) is 17.1 Å². The summed E-state index contributed by atoms with van der Waals surface area (Å²) in [6.45, 7) is 1.79.